The average molecular weight is 255 g/mol. The predicted molar refractivity (Wildman–Crippen MR) is 70.5 cm³/mol. The van der Waals surface area contributed by atoms with Crippen LogP contribution in [0.25, 0.3) is 0 Å². The van der Waals surface area contributed by atoms with Crippen molar-refractivity contribution in [1.29, 1.82) is 0 Å². The molecule has 1 aromatic rings. The van der Waals surface area contributed by atoms with Gasteiger partial charge in [-0.05, 0) is 18.9 Å². The molecule has 0 bridgehead atoms. The van der Waals surface area contributed by atoms with Crippen LogP contribution in [0, 0.1) is 5.92 Å². The van der Waals surface area contributed by atoms with Crippen LogP contribution in [-0.2, 0) is 17.6 Å². The summed E-state index contributed by atoms with van der Waals surface area (Å²) >= 11 is 0. The molecule has 1 aromatic heterocycles. The number of nitrogens with zero attached hydrogens (tertiary/aromatic N) is 2. The Morgan fingerprint density at radius 2 is 2.17 bits per heavy atom. The van der Waals surface area contributed by atoms with Crippen LogP contribution < -0.4 is 5.32 Å². The summed E-state index contributed by atoms with van der Waals surface area (Å²) in [5.41, 5.74) is 0. The smallest absolute Gasteiger partial charge is 0.228 e. The Morgan fingerprint density at radius 1 is 1.39 bits per heavy atom. The number of aromatic nitrogens is 2. The van der Waals surface area contributed by atoms with Gasteiger partial charge in [-0.3, -0.25) is 0 Å². The highest BCUT2D eigenvalue weighted by molar-refractivity contribution is 4.90. The monoisotopic (exact) mass is 255 g/mol. The summed E-state index contributed by atoms with van der Waals surface area (Å²) in [7, 11) is 1.70. The van der Waals surface area contributed by atoms with Gasteiger partial charge in [0.05, 0.1) is 0 Å². The van der Waals surface area contributed by atoms with Crippen molar-refractivity contribution in [3.05, 3.63) is 11.7 Å². The van der Waals surface area contributed by atoms with Crippen molar-refractivity contribution in [3.63, 3.8) is 0 Å². The molecular formula is C13H25N3O2. The summed E-state index contributed by atoms with van der Waals surface area (Å²) in [6.45, 7) is 8.19. The number of aryl methyl sites for hydroxylation is 1. The van der Waals surface area contributed by atoms with Crippen LogP contribution >= 0.6 is 0 Å². The molecule has 0 amide bonds. The van der Waals surface area contributed by atoms with Crippen LogP contribution in [0.1, 0.15) is 38.9 Å². The molecule has 0 aromatic carbocycles. The van der Waals surface area contributed by atoms with Gasteiger partial charge >= 0.3 is 0 Å². The van der Waals surface area contributed by atoms with Gasteiger partial charge in [-0.1, -0.05) is 25.9 Å². The zero-order chi connectivity index (χ0) is 13.4. The third kappa shape index (κ3) is 5.14. The Hall–Kier alpha value is -0.940. The molecule has 0 aliphatic rings. The number of hydrogen-bond donors (Lipinski definition) is 1. The molecular weight excluding hydrogens is 230 g/mol. The summed E-state index contributed by atoms with van der Waals surface area (Å²) in [6.07, 6.45) is 2.53. The van der Waals surface area contributed by atoms with Crippen molar-refractivity contribution >= 4 is 0 Å². The molecule has 1 unspecified atom stereocenters. The molecule has 104 valence electrons. The van der Waals surface area contributed by atoms with E-state index in [4.69, 9.17) is 9.26 Å². The molecule has 0 fully saturated rings. The van der Waals surface area contributed by atoms with Gasteiger partial charge in [-0.25, -0.2) is 0 Å². The van der Waals surface area contributed by atoms with E-state index in [9.17, 15) is 0 Å². The third-order valence-corrected chi connectivity index (χ3v) is 2.92. The molecule has 0 spiro atoms. The van der Waals surface area contributed by atoms with Crippen LogP contribution in [0.3, 0.4) is 0 Å². The number of likely N-dealkylation sites (N-methyl/N-ethyl adjacent to an activating group) is 1. The summed E-state index contributed by atoms with van der Waals surface area (Å²) in [5.74, 6) is 2.05. The minimum atomic E-state index is 0.391. The first-order valence-electron chi connectivity index (χ1n) is 6.71. The summed E-state index contributed by atoms with van der Waals surface area (Å²) < 4.78 is 10.3. The molecule has 0 aliphatic carbocycles. The van der Waals surface area contributed by atoms with E-state index in [2.05, 4.69) is 36.2 Å². The van der Waals surface area contributed by atoms with Crippen molar-refractivity contribution in [2.24, 2.45) is 5.92 Å². The lowest BCUT2D eigenvalue weighted by atomic mass is 10.0. The van der Waals surface area contributed by atoms with Crippen LogP contribution in [0.2, 0.25) is 0 Å². The average Bonchev–Trinajstić information content (AvgIpc) is 2.76. The third-order valence-electron chi connectivity index (χ3n) is 2.92. The number of nitrogens with one attached hydrogen (secondary N) is 1. The minimum absolute atomic E-state index is 0.391. The zero-order valence-electron chi connectivity index (χ0n) is 11.9. The zero-order valence-corrected chi connectivity index (χ0v) is 11.9. The largest absolute Gasteiger partial charge is 0.385 e. The standard InChI is InChI=1S/C13H25N3O2/c1-5-14-11(10(2)3)9-13-15-12(16-18-13)7-6-8-17-4/h10-11,14H,5-9H2,1-4H3. The molecule has 18 heavy (non-hydrogen) atoms. The van der Waals surface area contributed by atoms with Gasteiger partial charge in [-0.15, -0.1) is 0 Å². The highest BCUT2D eigenvalue weighted by Crippen LogP contribution is 2.09. The number of ether oxygens (including phenoxy) is 1. The quantitative estimate of drug-likeness (QED) is 0.682. The topological polar surface area (TPSA) is 60.2 Å². The molecule has 1 heterocycles. The van der Waals surface area contributed by atoms with Gasteiger partial charge in [0.25, 0.3) is 0 Å². The summed E-state index contributed by atoms with van der Waals surface area (Å²) in [4.78, 5) is 4.41. The first kappa shape index (κ1) is 15.1. The van der Waals surface area contributed by atoms with Gasteiger partial charge < -0.3 is 14.6 Å². The molecule has 1 rings (SSSR count). The van der Waals surface area contributed by atoms with E-state index < -0.39 is 0 Å². The van der Waals surface area contributed by atoms with Crippen LogP contribution in [0.4, 0.5) is 0 Å². The van der Waals surface area contributed by atoms with Crippen molar-refractivity contribution in [3.8, 4) is 0 Å². The first-order valence-corrected chi connectivity index (χ1v) is 6.71. The predicted octanol–water partition coefficient (Wildman–Crippen LogP) is 1.83. The van der Waals surface area contributed by atoms with E-state index in [1.807, 2.05) is 0 Å². The maximum Gasteiger partial charge on any atom is 0.228 e. The fraction of sp³-hybridized carbons (Fsp3) is 0.846. The second-order valence-electron chi connectivity index (χ2n) is 4.81. The van der Waals surface area contributed by atoms with Gasteiger partial charge in [-0.2, -0.15) is 4.98 Å². The van der Waals surface area contributed by atoms with Crippen molar-refractivity contribution < 1.29 is 9.26 Å². The van der Waals surface area contributed by atoms with Crippen LogP contribution in [0.15, 0.2) is 4.52 Å². The Morgan fingerprint density at radius 3 is 2.78 bits per heavy atom. The molecule has 0 aliphatic heterocycles. The highest BCUT2D eigenvalue weighted by atomic mass is 16.5. The maximum atomic E-state index is 5.28. The van der Waals surface area contributed by atoms with Crippen molar-refractivity contribution in [1.82, 2.24) is 15.5 Å². The molecule has 0 radical (unpaired) electrons. The molecule has 1 atom stereocenters. The van der Waals surface area contributed by atoms with Gasteiger partial charge in [0.1, 0.15) is 0 Å². The summed E-state index contributed by atoms with van der Waals surface area (Å²) in [5, 5.41) is 7.44. The van der Waals surface area contributed by atoms with E-state index in [0.29, 0.717) is 12.0 Å². The molecule has 0 saturated carbocycles. The normalized spacial score (nSPS) is 13.2. The lowest BCUT2D eigenvalue weighted by Crippen LogP contribution is -2.35. The SMILES string of the molecule is CCNC(Cc1nc(CCCOC)no1)C(C)C. The Balaban J connectivity index is 2.46. The highest BCUT2D eigenvalue weighted by Gasteiger charge is 2.16. The van der Waals surface area contributed by atoms with Crippen molar-refractivity contribution in [2.75, 3.05) is 20.3 Å². The lowest BCUT2D eigenvalue weighted by Gasteiger charge is -2.19. The van der Waals surface area contributed by atoms with Gasteiger partial charge in [0, 0.05) is 32.6 Å². The van der Waals surface area contributed by atoms with Crippen LogP contribution in [0.5, 0.6) is 0 Å². The molecule has 0 saturated heterocycles. The molecule has 1 N–H and O–H groups in total. The van der Waals surface area contributed by atoms with Gasteiger partial charge in [0.2, 0.25) is 5.89 Å². The minimum Gasteiger partial charge on any atom is -0.385 e. The second-order valence-corrected chi connectivity index (χ2v) is 4.81. The van der Waals surface area contributed by atoms with E-state index in [0.717, 1.165) is 44.1 Å². The molecule has 5 nitrogen and oxygen atoms in total. The van der Waals surface area contributed by atoms with E-state index in [1.54, 1.807) is 7.11 Å². The fourth-order valence-corrected chi connectivity index (χ4v) is 1.84. The lowest BCUT2D eigenvalue weighted by molar-refractivity contribution is 0.194. The maximum absolute atomic E-state index is 5.28. The molecule has 5 heteroatoms. The second kappa shape index (κ2) is 8.21. The van der Waals surface area contributed by atoms with E-state index in [1.165, 1.54) is 0 Å². The van der Waals surface area contributed by atoms with Crippen LogP contribution in [-0.4, -0.2) is 36.4 Å². The number of methoxy groups -OCH3 is 1. The number of hydrogen-bond acceptors (Lipinski definition) is 5. The van der Waals surface area contributed by atoms with Crippen molar-refractivity contribution in [2.45, 2.75) is 46.1 Å². The fourth-order valence-electron chi connectivity index (χ4n) is 1.84. The van der Waals surface area contributed by atoms with E-state index in [-0.39, 0.29) is 0 Å². The van der Waals surface area contributed by atoms with Gasteiger partial charge in [0.15, 0.2) is 5.82 Å². The summed E-state index contributed by atoms with van der Waals surface area (Å²) in [6, 6.07) is 0.391. The number of rotatable bonds is 9. The first-order chi connectivity index (χ1) is 8.67. The van der Waals surface area contributed by atoms with E-state index >= 15 is 0 Å². The Bertz CT molecular complexity index is 326. The Kier molecular flexibility index (Phi) is 6.90. The Labute approximate surface area is 109 Å².